The fraction of sp³-hybridized carbons (Fsp3) is 0.235. The predicted octanol–water partition coefficient (Wildman–Crippen LogP) is 3.23. The highest BCUT2D eigenvalue weighted by Gasteiger charge is 2.15. The van der Waals surface area contributed by atoms with E-state index in [-0.39, 0.29) is 11.9 Å². The Kier molecular flexibility index (Phi) is 4.98. The number of carbonyl (C=O) groups excluding carboxylic acids is 1. The summed E-state index contributed by atoms with van der Waals surface area (Å²) < 4.78 is 29.6. The molecule has 0 saturated carbocycles. The molecule has 5 heteroatoms. The lowest BCUT2D eigenvalue weighted by Crippen LogP contribution is -2.11. The van der Waals surface area contributed by atoms with E-state index in [1.165, 1.54) is 0 Å². The number of benzene rings is 2. The number of esters is 1. The summed E-state index contributed by atoms with van der Waals surface area (Å²) in [7, 11) is -3.38. The summed E-state index contributed by atoms with van der Waals surface area (Å²) in [6, 6.07) is 14.7. The molecule has 0 radical (unpaired) electrons. The van der Waals surface area contributed by atoms with E-state index in [4.69, 9.17) is 4.74 Å². The second-order valence-electron chi connectivity index (χ2n) is 5.22. The van der Waals surface area contributed by atoms with Gasteiger partial charge in [0.2, 0.25) is 0 Å². The summed E-state index contributed by atoms with van der Waals surface area (Å²) in [5.41, 5.74) is 1.04. The smallest absolute Gasteiger partial charge is 0.338 e. The molecule has 2 aromatic rings. The Morgan fingerprint density at radius 1 is 1.00 bits per heavy atom. The minimum atomic E-state index is -3.38. The molecule has 0 saturated heterocycles. The second kappa shape index (κ2) is 6.75. The van der Waals surface area contributed by atoms with Crippen LogP contribution in [0.4, 0.5) is 0 Å². The van der Waals surface area contributed by atoms with Gasteiger partial charge in [0.1, 0.15) is 0 Å². The number of sulfone groups is 1. The summed E-state index contributed by atoms with van der Waals surface area (Å²) in [6.45, 7) is 3.55. The van der Waals surface area contributed by atoms with Crippen LogP contribution in [0.5, 0.6) is 0 Å². The molecule has 0 unspecified atom stereocenters. The zero-order valence-electron chi connectivity index (χ0n) is 12.5. The molecular weight excluding hydrogens is 300 g/mol. The SMILES string of the molecule is CC(C)OC(=O)c1ccc(CS(=O)(=O)c2ccccc2)cc1. The van der Waals surface area contributed by atoms with Crippen LogP contribution < -0.4 is 0 Å². The highest BCUT2D eigenvalue weighted by atomic mass is 32.2. The largest absolute Gasteiger partial charge is 0.459 e. The second-order valence-corrected chi connectivity index (χ2v) is 7.21. The molecule has 116 valence electrons. The Hall–Kier alpha value is -2.14. The Labute approximate surface area is 130 Å². The van der Waals surface area contributed by atoms with E-state index >= 15 is 0 Å². The van der Waals surface area contributed by atoms with Crippen LogP contribution in [-0.4, -0.2) is 20.5 Å². The zero-order valence-corrected chi connectivity index (χ0v) is 13.3. The van der Waals surface area contributed by atoms with Crippen molar-refractivity contribution in [1.82, 2.24) is 0 Å². The van der Waals surface area contributed by atoms with Gasteiger partial charge in [-0.25, -0.2) is 13.2 Å². The van der Waals surface area contributed by atoms with Crippen LogP contribution in [0.1, 0.15) is 29.8 Å². The minimum absolute atomic E-state index is 0.101. The van der Waals surface area contributed by atoms with Crippen molar-refractivity contribution >= 4 is 15.8 Å². The fourth-order valence-corrected chi connectivity index (χ4v) is 3.32. The van der Waals surface area contributed by atoms with Crippen LogP contribution >= 0.6 is 0 Å². The van der Waals surface area contributed by atoms with E-state index in [0.717, 1.165) is 0 Å². The summed E-state index contributed by atoms with van der Waals surface area (Å²) in [4.78, 5) is 12.0. The van der Waals surface area contributed by atoms with Crippen LogP contribution in [-0.2, 0) is 20.3 Å². The Morgan fingerprint density at radius 2 is 1.59 bits per heavy atom. The van der Waals surface area contributed by atoms with Gasteiger partial charge in [0.25, 0.3) is 0 Å². The summed E-state index contributed by atoms with van der Waals surface area (Å²) >= 11 is 0. The van der Waals surface area contributed by atoms with Gasteiger partial charge >= 0.3 is 5.97 Å². The van der Waals surface area contributed by atoms with Crippen molar-refractivity contribution in [3.63, 3.8) is 0 Å². The standard InChI is InChI=1S/C17H18O4S/c1-13(2)21-17(18)15-10-8-14(9-11-15)12-22(19,20)16-6-4-3-5-7-16/h3-11,13H,12H2,1-2H3. The first-order valence-corrected chi connectivity index (χ1v) is 8.61. The molecule has 0 bridgehead atoms. The highest BCUT2D eigenvalue weighted by Crippen LogP contribution is 2.17. The van der Waals surface area contributed by atoms with Crippen LogP contribution in [0.2, 0.25) is 0 Å². The third-order valence-electron chi connectivity index (χ3n) is 2.99. The van der Waals surface area contributed by atoms with Crippen molar-refractivity contribution in [3.05, 3.63) is 65.7 Å². The fourth-order valence-electron chi connectivity index (χ4n) is 1.95. The number of rotatable bonds is 5. The van der Waals surface area contributed by atoms with Gasteiger partial charge in [0.15, 0.2) is 9.84 Å². The van der Waals surface area contributed by atoms with Crippen molar-refractivity contribution in [1.29, 1.82) is 0 Å². The highest BCUT2D eigenvalue weighted by molar-refractivity contribution is 7.90. The van der Waals surface area contributed by atoms with Crippen molar-refractivity contribution < 1.29 is 17.9 Å². The number of hydrogen-bond acceptors (Lipinski definition) is 4. The quantitative estimate of drug-likeness (QED) is 0.794. The topological polar surface area (TPSA) is 60.4 Å². The lowest BCUT2D eigenvalue weighted by Gasteiger charge is -2.08. The molecule has 0 aliphatic rings. The van der Waals surface area contributed by atoms with Gasteiger partial charge in [-0.1, -0.05) is 30.3 Å². The van der Waals surface area contributed by atoms with Crippen molar-refractivity contribution in [3.8, 4) is 0 Å². The van der Waals surface area contributed by atoms with E-state index in [1.54, 1.807) is 68.4 Å². The maximum Gasteiger partial charge on any atom is 0.338 e. The molecule has 0 N–H and O–H groups in total. The van der Waals surface area contributed by atoms with E-state index in [2.05, 4.69) is 0 Å². The molecule has 0 aromatic heterocycles. The maximum atomic E-state index is 12.3. The number of carbonyl (C=O) groups is 1. The van der Waals surface area contributed by atoms with Gasteiger partial charge in [-0.2, -0.15) is 0 Å². The van der Waals surface area contributed by atoms with E-state index in [9.17, 15) is 13.2 Å². The number of ether oxygens (including phenoxy) is 1. The molecular formula is C17H18O4S. The molecule has 0 atom stereocenters. The molecule has 4 nitrogen and oxygen atoms in total. The van der Waals surface area contributed by atoms with Crippen LogP contribution in [0, 0.1) is 0 Å². The zero-order chi connectivity index (χ0) is 16.2. The van der Waals surface area contributed by atoms with Gasteiger partial charge in [-0.15, -0.1) is 0 Å². The van der Waals surface area contributed by atoms with Crippen LogP contribution in [0.25, 0.3) is 0 Å². The molecule has 0 heterocycles. The molecule has 0 amide bonds. The first kappa shape index (κ1) is 16.2. The summed E-state index contributed by atoms with van der Waals surface area (Å²) in [5.74, 6) is -0.510. The van der Waals surface area contributed by atoms with E-state index in [1.807, 2.05) is 0 Å². The van der Waals surface area contributed by atoms with Crippen molar-refractivity contribution in [2.75, 3.05) is 0 Å². The lowest BCUT2D eigenvalue weighted by atomic mass is 10.1. The summed E-state index contributed by atoms with van der Waals surface area (Å²) in [6.07, 6.45) is -0.189. The normalized spacial score (nSPS) is 11.4. The van der Waals surface area contributed by atoms with Gasteiger partial charge in [0, 0.05) is 0 Å². The maximum absolute atomic E-state index is 12.3. The molecule has 2 aromatic carbocycles. The Morgan fingerprint density at radius 3 is 2.14 bits per heavy atom. The van der Waals surface area contributed by atoms with Gasteiger partial charge in [-0.05, 0) is 43.7 Å². The average molecular weight is 318 g/mol. The van der Waals surface area contributed by atoms with Crippen molar-refractivity contribution in [2.24, 2.45) is 0 Å². The lowest BCUT2D eigenvalue weighted by molar-refractivity contribution is 0.0378. The van der Waals surface area contributed by atoms with E-state index < -0.39 is 15.8 Å². The third kappa shape index (κ3) is 4.18. The monoisotopic (exact) mass is 318 g/mol. The molecule has 0 aliphatic carbocycles. The van der Waals surface area contributed by atoms with Crippen LogP contribution in [0.3, 0.4) is 0 Å². The Bertz CT molecular complexity index is 732. The van der Waals surface area contributed by atoms with Crippen molar-refractivity contribution in [2.45, 2.75) is 30.6 Å². The summed E-state index contributed by atoms with van der Waals surface area (Å²) in [5, 5.41) is 0. The molecule has 0 aliphatic heterocycles. The molecule has 2 rings (SSSR count). The van der Waals surface area contributed by atoms with Gasteiger partial charge in [0.05, 0.1) is 22.3 Å². The molecule has 0 spiro atoms. The van der Waals surface area contributed by atoms with Gasteiger partial charge < -0.3 is 4.74 Å². The number of hydrogen-bond donors (Lipinski definition) is 0. The first-order valence-electron chi connectivity index (χ1n) is 6.96. The Balaban J connectivity index is 2.13. The predicted molar refractivity (Wildman–Crippen MR) is 84.3 cm³/mol. The van der Waals surface area contributed by atoms with Crippen LogP contribution in [0.15, 0.2) is 59.5 Å². The third-order valence-corrected chi connectivity index (χ3v) is 4.70. The average Bonchev–Trinajstić information content (AvgIpc) is 2.48. The van der Waals surface area contributed by atoms with Gasteiger partial charge in [-0.3, -0.25) is 0 Å². The molecule has 0 fully saturated rings. The minimum Gasteiger partial charge on any atom is -0.459 e. The first-order chi connectivity index (χ1) is 10.4. The van der Waals surface area contributed by atoms with E-state index in [0.29, 0.717) is 16.0 Å². The molecule has 22 heavy (non-hydrogen) atoms.